The molecule has 0 aliphatic heterocycles. The number of amides is 1. The molecule has 7 nitrogen and oxygen atoms in total. The predicted octanol–water partition coefficient (Wildman–Crippen LogP) is 1.62. The minimum absolute atomic E-state index is 0.0527. The lowest BCUT2D eigenvalue weighted by molar-refractivity contribution is -0.0339. The van der Waals surface area contributed by atoms with Gasteiger partial charge in [-0.2, -0.15) is 0 Å². The minimum atomic E-state index is -1.28. The largest absolute Gasteiger partial charge is 0.491 e. The van der Waals surface area contributed by atoms with Crippen LogP contribution >= 0.6 is 0 Å². The van der Waals surface area contributed by atoms with Crippen molar-refractivity contribution in [2.75, 3.05) is 20.3 Å². The van der Waals surface area contributed by atoms with Crippen LogP contribution in [0.4, 0.5) is 0 Å². The smallest absolute Gasteiger partial charge is 0.251 e. The molecule has 0 bridgehead atoms. The first kappa shape index (κ1) is 22.2. The molecule has 0 fully saturated rings. The number of nitrogens with one attached hydrogen (secondary N) is 1. The topological polar surface area (TPSA) is 116 Å². The van der Waals surface area contributed by atoms with Crippen molar-refractivity contribution in [2.45, 2.75) is 37.9 Å². The maximum atomic E-state index is 13.5. The van der Waals surface area contributed by atoms with Crippen LogP contribution in [0.3, 0.4) is 0 Å². The van der Waals surface area contributed by atoms with E-state index >= 15 is 0 Å². The summed E-state index contributed by atoms with van der Waals surface area (Å²) < 4.78 is 5.62. The molecule has 168 valence electrons. The molecule has 2 aliphatic rings. The number of fused-ring (bicyclic) bond motifs is 3. The lowest BCUT2D eigenvalue weighted by atomic mass is 9.68. The van der Waals surface area contributed by atoms with E-state index in [0.717, 1.165) is 22.3 Å². The second-order valence-electron chi connectivity index (χ2n) is 8.77. The zero-order chi connectivity index (χ0) is 23.2. The van der Waals surface area contributed by atoms with Crippen LogP contribution in [0.1, 0.15) is 51.3 Å². The van der Waals surface area contributed by atoms with Gasteiger partial charge in [-0.15, -0.1) is 0 Å². The molecule has 0 saturated heterocycles. The van der Waals surface area contributed by atoms with E-state index in [1.54, 1.807) is 31.3 Å². The Kier molecular flexibility index (Phi) is 5.67. The predicted molar refractivity (Wildman–Crippen MR) is 119 cm³/mol. The molecular formula is C25H27NO6. The van der Waals surface area contributed by atoms with Gasteiger partial charge in [-0.3, -0.25) is 9.59 Å². The van der Waals surface area contributed by atoms with Crippen LogP contribution < -0.4 is 10.1 Å². The summed E-state index contributed by atoms with van der Waals surface area (Å²) in [4.78, 5) is 25.5. The fraction of sp³-hybridized carbons (Fsp3) is 0.360. The lowest BCUT2D eigenvalue weighted by Gasteiger charge is -2.34. The van der Waals surface area contributed by atoms with E-state index in [-0.39, 0.29) is 18.3 Å². The van der Waals surface area contributed by atoms with Crippen molar-refractivity contribution in [1.82, 2.24) is 5.32 Å². The molecule has 2 aromatic carbocycles. The van der Waals surface area contributed by atoms with Crippen LogP contribution in [-0.4, -0.2) is 59.5 Å². The first-order valence-corrected chi connectivity index (χ1v) is 10.6. The fourth-order valence-corrected chi connectivity index (χ4v) is 4.54. The van der Waals surface area contributed by atoms with E-state index in [9.17, 15) is 19.8 Å². The van der Waals surface area contributed by atoms with Gasteiger partial charge in [0.1, 0.15) is 24.6 Å². The summed E-state index contributed by atoms with van der Waals surface area (Å²) in [6.07, 6.45) is -1.92. The number of aliphatic hydroxyl groups is 3. The monoisotopic (exact) mass is 437 g/mol. The van der Waals surface area contributed by atoms with Crippen LogP contribution in [0.5, 0.6) is 5.75 Å². The van der Waals surface area contributed by atoms with Crippen LogP contribution in [0.2, 0.25) is 0 Å². The normalized spacial score (nSPS) is 17.9. The van der Waals surface area contributed by atoms with Gasteiger partial charge in [-0.25, -0.2) is 0 Å². The quantitative estimate of drug-likeness (QED) is 0.546. The minimum Gasteiger partial charge on any atom is -0.491 e. The van der Waals surface area contributed by atoms with Gasteiger partial charge in [0.2, 0.25) is 0 Å². The Bertz CT molecular complexity index is 1130. The molecule has 0 saturated carbocycles. The highest BCUT2D eigenvalue weighted by molar-refractivity contribution is 6.33. The molecule has 0 radical (unpaired) electrons. The van der Waals surface area contributed by atoms with Gasteiger partial charge in [0.15, 0.2) is 5.78 Å². The molecule has 4 rings (SSSR count). The average Bonchev–Trinajstić information content (AvgIpc) is 3.20. The number of aliphatic hydroxyl groups excluding tert-OH is 3. The Labute approximate surface area is 186 Å². The van der Waals surface area contributed by atoms with Crippen molar-refractivity contribution in [1.29, 1.82) is 0 Å². The Hall–Kier alpha value is -3.00. The molecule has 4 N–H and O–H groups in total. The molecule has 1 amide bonds. The molecule has 32 heavy (non-hydrogen) atoms. The van der Waals surface area contributed by atoms with Gasteiger partial charge in [0.25, 0.3) is 5.91 Å². The summed E-state index contributed by atoms with van der Waals surface area (Å²) >= 11 is 0. The molecule has 2 atom stereocenters. The highest BCUT2D eigenvalue weighted by Gasteiger charge is 2.43. The number of Topliss-reactive ketones (excluding diaryl/α,β-unsaturated/α-hetero) is 1. The molecule has 7 heteroatoms. The van der Waals surface area contributed by atoms with Crippen LogP contribution in [0, 0.1) is 0 Å². The number of ketones is 1. The number of carbonyl (C=O) groups excluding carboxylic acids is 2. The number of hydrogen-bond acceptors (Lipinski definition) is 6. The van der Waals surface area contributed by atoms with Gasteiger partial charge in [0, 0.05) is 29.2 Å². The summed E-state index contributed by atoms with van der Waals surface area (Å²) in [5, 5.41) is 30.9. The molecule has 0 heterocycles. The maximum absolute atomic E-state index is 13.5. The molecule has 2 aliphatic carbocycles. The van der Waals surface area contributed by atoms with Crippen LogP contribution in [0.15, 0.2) is 42.0 Å². The first-order chi connectivity index (χ1) is 15.2. The Balaban J connectivity index is 1.67. The van der Waals surface area contributed by atoms with Crippen molar-refractivity contribution in [3.63, 3.8) is 0 Å². The van der Waals surface area contributed by atoms with E-state index in [1.807, 2.05) is 12.1 Å². The highest BCUT2D eigenvalue weighted by Crippen LogP contribution is 2.50. The second-order valence-corrected chi connectivity index (χ2v) is 8.77. The van der Waals surface area contributed by atoms with Crippen molar-refractivity contribution in [3.8, 4) is 5.75 Å². The number of benzene rings is 2. The van der Waals surface area contributed by atoms with Gasteiger partial charge >= 0.3 is 0 Å². The second kappa shape index (κ2) is 8.16. The Morgan fingerprint density at radius 3 is 2.53 bits per heavy atom. The molecular weight excluding hydrogens is 410 g/mol. The third-order valence-electron chi connectivity index (χ3n) is 6.48. The summed E-state index contributed by atoms with van der Waals surface area (Å²) in [6, 6.07) is 10.6. The van der Waals surface area contributed by atoms with Gasteiger partial charge in [-0.1, -0.05) is 19.9 Å². The van der Waals surface area contributed by atoms with E-state index in [0.29, 0.717) is 28.9 Å². The van der Waals surface area contributed by atoms with Crippen LogP contribution in [-0.2, 0) is 11.8 Å². The van der Waals surface area contributed by atoms with Crippen LogP contribution in [0.25, 0.3) is 5.57 Å². The van der Waals surface area contributed by atoms with Crippen molar-refractivity contribution < 1.29 is 29.6 Å². The average molecular weight is 437 g/mol. The number of allylic oxidation sites excluding steroid dienone is 2. The number of carbonyl (C=O) groups is 2. The van der Waals surface area contributed by atoms with E-state index in [2.05, 4.69) is 19.2 Å². The fourth-order valence-electron chi connectivity index (χ4n) is 4.54. The molecule has 0 aromatic heterocycles. The Morgan fingerprint density at radius 1 is 1.12 bits per heavy atom. The van der Waals surface area contributed by atoms with E-state index in [4.69, 9.17) is 9.84 Å². The first-order valence-electron chi connectivity index (χ1n) is 10.6. The number of rotatable bonds is 6. The molecule has 0 unspecified atom stereocenters. The van der Waals surface area contributed by atoms with Crippen molar-refractivity contribution in [3.05, 3.63) is 69.8 Å². The zero-order valence-electron chi connectivity index (χ0n) is 18.3. The summed E-state index contributed by atoms with van der Waals surface area (Å²) in [7, 11) is 1.59. The third kappa shape index (κ3) is 3.52. The summed E-state index contributed by atoms with van der Waals surface area (Å²) in [5.74, 6) is 0.250. The SMILES string of the molecule is CNC(=O)c1ccc2c(c1)CC1=C2C(=O)c2ccc(OC[C@@H](O)[C@H](O)CO)cc2C1(C)C. The Morgan fingerprint density at radius 2 is 1.84 bits per heavy atom. The standard InChI is InChI=1S/C25H27NO6/c1-25(2)18-10-15(32-12-21(29)20(28)11-27)5-7-17(18)23(30)22-16-6-4-13(24(31)26-3)8-14(16)9-19(22)25/h4-8,10,20-21,27-29H,9,11-12H2,1-3H3,(H,26,31)/t20-,21-/m1/s1. The van der Waals surface area contributed by atoms with E-state index < -0.39 is 24.2 Å². The zero-order valence-corrected chi connectivity index (χ0v) is 18.3. The number of hydrogen-bond donors (Lipinski definition) is 4. The van der Waals surface area contributed by atoms with Crippen molar-refractivity contribution in [2.24, 2.45) is 0 Å². The maximum Gasteiger partial charge on any atom is 0.251 e. The molecule has 2 aromatic rings. The van der Waals surface area contributed by atoms with E-state index in [1.165, 1.54) is 0 Å². The van der Waals surface area contributed by atoms with Gasteiger partial charge < -0.3 is 25.4 Å². The summed E-state index contributed by atoms with van der Waals surface area (Å²) in [5.41, 5.74) is 5.08. The van der Waals surface area contributed by atoms with Gasteiger partial charge in [-0.05, 0) is 59.0 Å². The summed E-state index contributed by atoms with van der Waals surface area (Å²) in [6.45, 7) is 3.38. The van der Waals surface area contributed by atoms with Crippen molar-refractivity contribution >= 4 is 17.3 Å². The van der Waals surface area contributed by atoms with Gasteiger partial charge in [0.05, 0.1) is 6.61 Å². The number of ether oxygens (including phenoxy) is 1. The highest BCUT2D eigenvalue weighted by atomic mass is 16.5. The lowest BCUT2D eigenvalue weighted by Crippen LogP contribution is -2.34. The third-order valence-corrected chi connectivity index (χ3v) is 6.48. The molecule has 0 spiro atoms.